The number of amides is 1. The molecule has 0 aliphatic carbocycles. The number of hydrogen-bond donors (Lipinski definition) is 1. The second kappa shape index (κ2) is 7.40. The molecule has 0 fully saturated rings. The summed E-state index contributed by atoms with van der Waals surface area (Å²) in [6.07, 6.45) is 2.17. The van der Waals surface area contributed by atoms with Gasteiger partial charge in [0.2, 0.25) is 5.91 Å². The van der Waals surface area contributed by atoms with E-state index in [4.69, 9.17) is 0 Å². The number of pyridine rings is 1. The van der Waals surface area contributed by atoms with Crippen LogP contribution in [0.2, 0.25) is 0 Å². The van der Waals surface area contributed by atoms with E-state index in [1.807, 2.05) is 0 Å². The number of aromatic nitrogens is 5. The van der Waals surface area contributed by atoms with Gasteiger partial charge in [0.15, 0.2) is 5.65 Å². The maximum atomic E-state index is 12.1. The normalized spacial score (nSPS) is 11.0. The van der Waals surface area contributed by atoms with E-state index in [1.165, 1.54) is 20.7 Å². The van der Waals surface area contributed by atoms with E-state index in [9.17, 15) is 19.7 Å². The Morgan fingerprint density at radius 1 is 1.26 bits per heavy atom. The predicted octanol–water partition coefficient (Wildman–Crippen LogP) is 0.424. The zero-order chi connectivity index (χ0) is 19.6. The van der Waals surface area contributed by atoms with Gasteiger partial charge in [-0.15, -0.1) is 5.10 Å². The Bertz CT molecular complexity index is 1060. The number of carbonyl (C=O) groups is 1. The van der Waals surface area contributed by atoms with Gasteiger partial charge in [0.1, 0.15) is 17.9 Å². The Morgan fingerprint density at radius 2 is 2.04 bits per heavy atom. The summed E-state index contributed by atoms with van der Waals surface area (Å²) in [7, 11) is 0. The lowest BCUT2D eigenvalue weighted by Gasteiger charge is -2.06. The first kappa shape index (κ1) is 18.3. The highest BCUT2D eigenvalue weighted by Gasteiger charge is 2.22. The second-order valence-corrected chi connectivity index (χ2v) is 6.07. The molecule has 142 valence electrons. The molecule has 1 amide bonds. The van der Waals surface area contributed by atoms with Crippen LogP contribution >= 0.6 is 0 Å². The average molecular weight is 373 g/mol. The molecule has 0 saturated carbocycles. The van der Waals surface area contributed by atoms with Crippen LogP contribution in [0.15, 0.2) is 29.2 Å². The summed E-state index contributed by atoms with van der Waals surface area (Å²) < 4.78 is 4.12. The van der Waals surface area contributed by atoms with Crippen LogP contribution < -0.4 is 11.0 Å². The molecule has 11 nitrogen and oxygen atoms in total. The molecule has 3 aromatic rings. The fourth-order valence-electron chi connectivity index (χ4n) is 2.87. The minimum Gasteiger partial charge on any atom is -0.354 e. The van der Waals surface area contributed by atoms with E-state index in [2.05, 4.69) is 15.5 Å². The van der Waals surface area contributed by atoms with Crippen molar-refractivity contribution in [3.05, 3.63) is 56.4 Å². The van der Waals surface area contributed by atoms with E-state index >= 15 is 0 Å². The SMILES string of the molecule is Cc1nn(CC(=O)NCCCn2nc3ccccn3c2=O)c(C)c1[N+](=O)[O-]. The molecule has 0 aliphatic rings. The first-order valence-corrected chi connectivity index (χ1v) is 8.38. The van der Waals surface area contributed by atoms with Crippen molar-refractivity contribution < 1.29 is 9.72 Å². The van der Waals surface area contributed by atoms with Gasteiger partial charge in [0, 0.05) is 19.3 Å². The number of nitrogens with zero attached hydrogens (tertiary/aromatic N) is 6. The molecule has 0 atom stereocenters. The molecule has 3 rings (SSSR count). The highest BCUT2D eigenvalue weighted by Crippen LogP contribution is 2.21. The molecule has 3 heterocycles. The van der Waals surface area contributed by atoms with Crippen LogP contribution in [0, 0.1) is 24.0 Å². The Hall–Kier alpha value is -3.50. The number of aryl methyl sites for hydroxylation is 2. The van der Waals surface area contributed by atoms with Crippen LogP contribution in [0.25, 0.3) is 5.65 Å². The zero-order valence-corrected chi connectivity index (χ0v) is 15.0. The lowest BCUT2D eigenvalue weighted by Crippen LogP contribution is -2.30. The fraction of sp³-hybridized carbons (Fsp3) is 0.375. The Kier molecular flexibility index (Phi) is 5.01. The van der Waals surface area contributed by atoms with Gasteiger partial charge in [0.05, 0.1) is 4.92 Å². The van der Waals surface area contributed by atoms with Crippen molar-refractivity contribution in [2.75, 3.05) is 6.54 Å². The third-order valence-electron chi connectivity index (χ3n) is 4.18. The fourth-order valence-corrected chi connectivity index (χ4v) is 2.87. The van der Waals surface area contributed by atoms with Crippen LogP contribution in [0.3, 0.4) is 0 Å². The largest absolute Gasteiger partial charge is 0.354 e. The Labute approximate surface area is 153 Å². The standard InChI is InChI=1S/C16H19N7O4/c1-11-15(23(26)27)12(2)22(18-11)10-14(24)17-7-5-9-21-16(25)20-8-4-3-6-13(20)19-21/h3-4,6,8H,5,7,9-10H2,1-2H3,(H,17,24). The first-order valence-electron chi connectivity index (χ1n) is 8.38. The molecule has 11 heteroatoms. The summed E-state index contributed by atoms with van der Waals surface area (Å²) in [4.78, 5) is 34.7. The number of rotatable bonds is 7. The van der Waals surface area contributed by atoms with Gasteiger partial charge in [-0.05, 0) is 32.4 Å². The van der Waals surface area contributed by atoms with E-state index in [-0.39, 0.29) is 29.5 Å². The van der Waals surface area contributed by atoms with Crippen molar-refractivity contribution in [3.8, 4) is 0 Å². The van der Waals surface area contributed by atoms with Crippen LogP contribution in [0.5, 0.6) is 0 Å². The highest BCUT2D eigenvalue weighted by atomic mass is 16.6. The molecule has 0 spiro atoms. The molecular formula is C16H19N7O4. The summed E-state index contributed by atoms with van der Waals surface area (Å²) in [5.74, 6) is -0.308. The van der Waals surface area contributed by atoms with Crippen molar-refractivity contribution in [2.24, 2.45) is 0 Å². The van der Waals surface area contributed by atoms with Crippen LogP contribution in [0.1, 0.15) is 17.8 Å². The summed E-state index contributed by atoms with van der Waals surface area (Å²) in [5.41, 5.74) is 0.874. The molecule has 0 radical (unpaired) electrons. The van der Waals surface area contributed by atoms with Crippen molar-refractivity contribution >= 4 is 17.2 Å². The van der Waals surface area contributed by atoms with Crippen LogP contribution in [-0.2, 0) is 17.9 Å². The van der Waals surface area contributed by atoms with E-state index < -0.39 is 4.92 Å². The summed E-state index contributed by atoms with van der Waals surface area (Å²) in [5, 5.41) is 22.0. The summed E-state index contributed by atoms with van der Waals surface area (Å²) in [6.45, 7) is 3.70. The van der Waals surface area contributed by atoms with Gasteiger partial charge in [-0.1, -0.05) is 6.07 Å². The van der Waals surface area contributed by atoms with Crippen molar-refractivity contribution in [1.82, 2.24) is 29.3 Å². The summed E-state index contributed by atoms with van der Waals surface area (Å²) >= 11 is 0. The van der Waals surface area contributed by atoms with E-state index in [0.29, 0.717) is 30.9 Å². The molecule has 0 aliphatic heterocycles. The first-order chi connectivity index (χ1) is 12.9. The Balaban J connectivity index is 1.53. The minimum absolute atomic E-state index is 0.0750. The van der Waals surface area contributed by atoms with Crippen molar-refractivity contribution in [2.45, 2.75) is 33.4 Å². The second-order valence-electron chi connectivity index (χ2n) is 6.07. The van der Waals surface area contributed by atoms with Crippen molar-refractivity contribution in [3.63, 3.8) is 0 Å². The number of nitrogens with one attached hydrogen (secondary N) is 1. The van der Waals surface area contributed by atoms with Crippen LogP contribution in [-0.4, -0.2) is 41.3 Å². The third kappa shape index (κ3) is 3.71. The smallest absolute Gasteiger partial charge is 0.350 e. The third-order valence-corrected chi connectivity index (χ3v) is 4.18. The monoisotopic (exact) mass is 373 g/mol. The molecular weight excluding hydrogens is 354 g/mol. The minimum atomic E-state index is -0.501. The lowest BCUT2D eigenvalue weighted by atomic mass is 10.3. The number of nitro groups is 1. The van der Waals surface area contributed by atoms with E-state index in [0.717, 1.165) is 0 Å². The molecule has 0 saturated heterocycles. The van der Waals surface area contributed by atoms with Gasteiger partial charge < -0.3 is 5.32 Å². The number of fused-ring (bicyclic) bond motifs is 1. The van der Waals surface area contributed by atoms with Gasteiger partial charge in [-0.25, -0.2) is 9.48 Å². The zero-order valence-electron chi connectivity index (χ0n) is 15.0. The molecule has 0 unspecified atom stereocenters. The van der Waals surface area contributed by atoms with Gasteiger partial charge in [-0.2, -0.15) is 5.10 Å². The number of hydrogen-bond acceptors (Lipinski definition) is 6. The predicted molar refractivity (Wildman–Crippen MR) is 95.4 cm³/mol. The Morgan fingerprint density at radius 3 is 2.70 bits per heavy atom. The lowest BCUT2D eigenvalue weighted by molar-refractivity contribution is -0.386. The highest BCUT2D eigenvalue weighted by molar-refractivity contribution is 5.75. The molecule has 0 aromatic carbocycles. The van der Waals surface area contributed by atoms with E-state index in [1.54, 1.807) is 31.3 Å². The number of carbonyl (C=O) groups excluding carboxylic acids is 1. The maximum absolute atomic E-state index is 12.1. The molecule has 1 N–H and O–H groups in total. The van der Waals surface area contributed by atoms with Gasteiger partial charge >= 0.3 is 11.4 Å². The topological polar surface area (TPSA) is 129 Å². The van der Waals surface area contributed by atoms with Gasteiger partial charge in [-0.3, -0.25) is 24.0 Å². The average Bonchev–Trinajstić information content (AvgIpc) is 3.08. The van der Waals surface area contributed by atoms with Crippen LogP contribution in [0.4, 0.5) is 5.69 Å². The quantitative estimate of drug-likeness (QED) is 0.363. The molecule has 27 heavy (non-hydrogen) atoms. The molecule has 3 aromatic heterocycles. The molecule has 0 bridgehead atoms. The maximum Gasteiger partial charge on any atom is 0.350 e. The van der Waals surface area contributed by atoms with Gasteiger partial charge in [0.25, 0.3) is 0 Å². The van der Waals surface area contributed by atoms with Crippen molar-refractivity contribution in [1.29, 1.82) is 0 Å². The summed E-state index contributed by atoms with van der Waals surface area (Å²) in [6, 6.07) is 5.30.